The van der Waals surface area contributed by atoms with Crippen LogP contribution in [0.2, 0.25) is 0 Å². The molecule has 3 nitrogen and oxygen atoms in total. The molecule has 5 heteroatoms. The first-order chi connectivity index (χ1) is 8.06. The number of hydrogen-bond donors (Lipinski definition) is 1. The number of rotatable bonds is 5. The van der Waals surface area contributed by atoms with E-state index in [-0.39, 0.29) is 0 Å². The molecule has 0 aromatic heterocycles. The quantitative estimate of drug-likeness (QED) is 0.851. The van der Waals surface area contributed by atoms with Gasteiger partial charge in [-0.25, -0.2) is 8.78 Å². The Balaban J connectivity index is 2.87. The number of alkyl halides is 2. The molecule has 94 valence electrons. The number of hydrogen-bond acceptors (Lipinski definition) is 2. The molecule has 1 rings (SSSR count). The molecule has 0 unspecified atom stereocenters. The molecule has 0 aliphatic carbocycles. The summed E-state index contributed by atoms with van der Waals surface area (Å²) in [5.74, 6) is -0.394. The number of halogens is 2. The van der Waals surface area contributed by atoms with E-state index in [1.165, 1.54) is 7.05 Å². The molecule has 2 N–H and O–H groups in total. The zero-order valence-electron chi connectivity index (χ0n) is 9.70. The van der Waals surface area contributed by atoms with Crippen LogP contribution in [0.5, 0.6) is 0 Å². The molecule has 0 fully saturated rings. The van der Waals surface area contributed by atoms with Gasteiger partial charge in [0.15, 0.2) is 0 Å². The van der Waals surface area contributed by atoms with Gasteiger partial charge in [0.1, 0.15) is 0 Å². The minimum atomic E-state index is -2.52. The van der Waals surface area contributed by atoms with Gasteiger partial charge in [0.2, 0.25) is 0 Å². The van der Waals surface area contributed by atoms with Crippen LogP contribution in [-0.4, -0.2) is 37.4 Å². The minimum absolute atomic E-state index is 0.394. The molecule has 0 spiro atoms. The Morgan fingerprint density at radius 3 is 2.65 bits per heavy atom. The first-order valence-corrected chi connectivity index (χ1v) is 5.38. The summed E-state index contributed by atoms with van der Waals surface area (Å²) in [6, 6.07) is 6.93. The van der Waals surface area contributed by atoms with Crippen molar-refractivity contribution in [2.75, 3.05) is 20.1 Å². The Hall–Kier alpha value is -1.49. The number of amides is 1. The van der Waals surface area contributed by atoms with Crippen molar-refractivity contribution < 1.29 is 13.6 Å². The topological polar surface area (TPSA) is 46.3 Å². The molecule has 1 aromatic carbocycles. The van der Waals surface area contributed by atoms with Crippen molar-refractivity contribution in [1.29, 1.82) is 0 Å². The van der Waals surface area contributed by atoms with Crippen LogP contribution in [0.25, 0.3) is 0 Å². The van der Waals surface area contributed by atoms with Gasteiger partial charge in [0.05, 0.1) is 6.54 Å². The largest absolute Gasteiger partial charge is 0.336 e. The van der Waals surface area contributed by atoms with E-state index in [0.717, 1.165) is 10.5 Å². The highest BCUT2D eigenvalue weighted by Gasteiger charge is 2.17. The summed E-state index contributed by atoms with van der Waals surface area (Å²) in [7, 11) is 1.37. The fraction of sp³-hybridized carbons (Fsp3) is 0.417. The maximum absolute atomic E-state index is 12.2. The lowest BCUT2D eigenvalue weighted by Crippen LogP contribution is -2.32. The number of benzene rings is 1. The van der Waals surface area contributed by atoms with Gasteiger partial charge in [-0.15, -0.1) is 0 Å². The van der Waals surface area contributed by atoms with E-state index in [0.29, 0.717) is 18.5 Å². The third kappa shape index (κ3) is 3.78. The number of carbonyl (C=O) groups excluding carboxylic acids is 1. The zero-order valence-corrected chi connectivity index (χ0v) is 9.70. The highest BCUT2D eigenvalue weighted by molar-refractivity contribution is 5.95. The molecule has 1 aromatic rings. The zero-order chi connectivity index (χ0) is 12.8. The van der Waals surface area contributed by atoms with Crippen molar-refractivity contribution >= 4 is 5.91 Å². The van der Waals surface area contributed by atoms with Crippen molar-refractivity contribution in [2.45, 2.75) is 12.8 Å². The molecule has 0 heterocycles. The van der Waals surface area contributed by atoms with Crippen molar-refractivity contribution in [1.82, 2.24) is 4.90 Å². The summed E-state index contributed by atoms with van der Waals surface area (Å²) in [5.41, 5.74) is 6.68. The number of nitrogens with zero attached hydrogens (tertiary/aromatic N) is 1. The van der Waals surface area contributed by atoms with E-state index >= 15 is 0 Å². The van der Waals surface area contributed by atoms with Gasteiger partial charge >= 0.3 is 0 Å². The Morgan fingerprint density at radius 2 is 2.06 bits per heavy atom. The van der Waals surface area contributed by atoms with Gasteiger partial charge in [0, 0.05) is 12.6 Å². The average molecular weight is 242 g/mol. The van der Waals surface area contributed by atoms with Crippen LogP contribution in [0, 0.1) is 0 Å². The second kappa shape index (κ2) is 6.30. The number of nitrogens with two attached hydrogens (primary N) is 1. The molecule has 0 saturated heterocycles. The minimum Gasteiger partial charge on any atom is -0.336 e. The summed E-state index contributed by atoms with van der Waals surface area (Å²) < 4.78 is 24.4. The molecule has 17 heavy (non-hydrogen) atoms. The molecule has 0 saturated carbocycles. The summed E-state index contributed by atoms with van der Waals surface area (Å²) in [5, 5.41) is 0. The summed E-state index contributed by atoms with van der Waals surface area (Å²) in [4.78, 5) is 13.0. The van der Waals surface area contributed by atoms with Gasteiger partial charge in [0.25, 0.3) is 12.3 Å². The summed E-state index contributed by atoms with van der Waals surface area (Å²) >= 11 is 0. The van der Waals surface area contributed by atoms with E-state index in [9.17, 15) is 13.6 Å². The van der Waals surface area contributed by atoms with Crippen molar-refractivity contribution in [2.24, 2.45) is 5.73 Å². The second-order valence-electron chi connectivity index (χ2n) is 3.77. The maximum Gasteiger partial charge on any atom is 0.255 e. The van der Waals surface area contributed by atoms with Gasteiger partial charge in [-0.2, -0.15) is 0 Å². The van der Waals surface area contributed by atoms with Crippen LogP contribution < -0.4 is 5.73 Å². The van der Waals surface area contributed by atoms with Gasteiger partial charge in [-0.1, -0.05) is 18.2 Å². The van der Waals surface area contributed by atoms with Gasteiger partial charge in [-0.3, -0.25) is 4.79 Å². The smallest absolute Gasteiger partial charge is 0.255 e. The maximum atomic E-state index is 12.2. The van der Waals surface area contributed by atoms with E-state index in [1.54, 1.807) is 24.3 Å². The second-order valence-corrected chi connectivity index (χ2v) is 3.77. The Morgan fingerprint density at radius 1 is 1.41 bits per heavy atom. The SMILES string of the molecule is CN(CC(F)F)C(=O)c1ccccc1CCN. The first-order valence-electron chi connectivity index (χ1n) is 5.38. The summed E-state index contributed by atoms with van der Waals surface area (Å²) in [6.45, 7) is -0.140. The van der Waals surface area contributed by atoms with Crippen LogP contribution in [0.1, 0.15) is 15.9 Å². The standard InChI is InChI=1S/C12H16F2N2O/c1-16(8-11(13)14)12(17)10-5-3-2-4-9(10)6-7-15/h2-5,11H,6-8,15H2,1H3. The molecule has 0 bridgehead atoms. The highest BCUT2D eigenvalue weighted by Crippen LogP contribution is 2.12. The van der Waals surface area contributed by atoms with Crippen molar-refractivity contribution in [3.8, 4) is 0 Å². The van der Waals surface area contributed by atoms with Crippen molar-refractivity contribution in [3.05, 3.63) is 35.4 Å². The number of carbonyl (C=O) groups is 1. The molecule has 0 aliphatic rings. The fourth-order valence-corrected chi connectivity index (χ4v) is 1.60. The predicted octanol–water partition coefficient (Wildman–Crippen LogP) is 1.52. The Bertz CT molecular complexity index is 383. The van der Waals surface area contributed by atoms with E-state index in [1.807, 2.05) is 0 Å². The molecule has 0 atom stereocenters. The lowest BCUT2D eigenvalue weighted by Gasteiger charge is -2.18. The third-order valence-electron chi connectivity index (χ3n) is 2.42. The van der Waals surface area contributed by atoms with E-state index in [4.69, 9.17) is 5.73 Å². The Kier molecular flexibility index (Phi) is 5.03. The molecule has 0 aliphatic heterocycles. The van der Waals surface area contributed by atoms with Crippen LogP contribution in [0.4, 0.5) is 8.78 Å². The van der Waals surface area contributed by atoms with Crippen LogP contribution >= 0.6 is 0 Å². The molecule has 1 amide bonds. The molecular formula is C12H16F2N2O. The fourth-order valence-electron chi connectivity index (χ4n) is 1.60. The molecular weight excluding hydrogens is 226 g/mol. The van der Waals surface area contributed by atoms with Crippen LogP contribution in [0.15, 0.2) is 24.3 Å². The predicted molar refractivity (Wildman–Crippen MR) is 62.2 cm³/mol. The highest BCUT2D eigenvalue weighted by atomic mass is 19.3. The monoisotopic (exact) mass is 242 g/mol. The average Bonchev–Trinajstić information content (AvgIpc) is 2.28. The molecule has 0 radical (unpaired) electrons. The van der Waals surface area contributed by atoms with E-state index < -0.39 is 18.9 Å². The van der Waals surface area contributed by atoms with Crippen LogP contribution in [0.3, 0.4) is 0 Å². The third-order valence-corrected chi connectivity index (χ3v) is 2.42. The Labute approximate surface area is 99.2 Å². The van der Waals surface area contributed by atoms with Crippen molar-refractivity contribution in [3.63, 3.8) is 0 Å². The summed E-state index contributed by atoms with van der Waals surface area (Å²) in [6.07, 6.45) is -1.96. The normalized spacial score (nSPS) is 10.6. The van der Waals surface area contributed by atoms with Gasteiger partial charge in [-0.05, 0) is 24.6 Å². The van der Waals surface area contributed by atoms with E-state index in [2.05, 4.69) is 0 Å². The lowest BCUT2D eigenvalue weighted by molar-refractivity contribution is 0.0619. The first kappa shape index (κ1) is 13.6. The lowest BCUT2D eigenvalue weighted by atomic mass is 10.0. The van der Waals surface area contributed by atoms with Gasteiger partial charge < -0.3 is 10.6 Å². The van der Waals surface area contributed by atoms with Crippen LogP contribution in [-0.2, 0) is 6.42 Å².